The fraction of sp³-hybridized carbons (Fsp3) is 0.143. The summed E-state index contributed by atoms with van der Waals surface area (Å²) in [5.74, 6) is 0.569. The molecule has 0 spiro atoms. The van der Waals surface area contributed by atoms with Crippen molar-refractivity contribution in [2.24, 2.45) is 5.41 Å². The summed E-state index contributed by atoms with van der Waals surface area (Å²) in [5.41, 5.74) is 6.96. The monoisotopic (exact) mass is 488 g/mol. The van der Waals surface area contributed by atoms with Crippen LogP contribution in [0.15, 0.2) is 73.4 Å². The van der Waals surface area contributed by atoms with Crippen molar-refractivity contribution in [2.75, 3.05) is 5.32 Å². The van der Waals surface area contributed by atoms with Gasteiger partial charge in [0, 0.05) is 46.9 Å². The number of pyridine rings is 3. The predicted molar refractivity (Wildman–Crippen MR) is 144 cm³/mol. The molecule has 0 saturated heterocycles. The van der Waals surface area contributed by atoms with Gasteiger partial charge < -0.3 is 10.3 Å². The maximum absolute atomic E-state index is 12.4. The van der Waals surface area contributed by atoms with E-state index in [0.717, 1.165) is 38.7 Å². The minimum absolute atomic E-state index is 0.0758. The zero-order chi connectivity index (χ0) is 25.6. The van der Waals surface area contributed by atoms with Crippen molar-refractivity contribution in [3.8, 4) is 33.8 Å². The summed E-state index contributed by atoms with van der Waals surface area (Å²) >= 11 is 0. The molecule has 5 heterocycles. The second-order valence-electron chi connectivity index (χ2n) is 9.88. The van der Waals surface area contributed by atoms with E-state index in [9.17, 15) is 4.79 Å². The van der Waals surface area contributed by atoms with Crippen LogP contribution < -0.4 is 5.32 Å². The number of H-pyrrole nitrogens is 2. The van der Waals surface area contributed by atoms with E-state index in [4.69, 9.17) is 4.98 Å². The Morgan fingerprint density at radius 2 is 1.73 bits per heavy atom. The highest BCUT2D eigenvalue weighted by molar-refractivity contribution is 5.98. The SMILES string of the molecule is CC(C)(C)C(=O)Nc1cncc(-c2cnc3[nH]nc(-c4nc5c(-c6ccncc6)cccc5[nH]4)c3c2)c1. The molecule has 0 fully saturated rings. The van der Waals surface area contributed by atoms with Gasteiger partial charge in [0.2, 0.25) is 5.91 Å². The van der Waals surface area contributed by atoms with Gasteiger partial charge in [0.1, 0.15) is 5.69 Å². The molecule has 0 unspecified atom stereocenters. The van der Waals surface area contributed by atoms with Crippen LogP contribution in [0.2, 0.25) is 0 Å². The van der Waals surface area contributed by atoms with E-state index in [1.807, 2.05) is 63.2 Å². The van der Waals surface area contributed by atoms with Gasteiger partial charge in [0.05, 0.1) is 28.3 Å². The number of hydrogen-bond donors (Lipinski definition) is 3. The molecule has 9 heteroatoms. The Labute approximate surface area is 212 Å². The van der Waals surface area contributed by atoms with E-state index < -0.39 is 5.41 Å². The number of benzene rings is 1. The molecule has 5 aromatic heterocycles. The zero-order valence-corrected chi connectivity index (χ0v) is 20.6. The summed E-state index contributed by atoms with van der Waals surface area (Å²) in [6.07, 6.45) is 8.69. The Kier molecular flexibility index (Phi) is 5.26. The lowest BCUT2D eigenvalue weighted by Crippen LogP contribution is -2.27. The van der Waals surface area contributed by atoms with Gasteiger partial charge in [-0.1, -0.05) is 32.9 Å². The van der Waals surface area contributed by atoms with Crippen LogP contribution in [0.3, 0.4) is 0 Å². The lowest BCUT2D eigenvalue weighted by molar-refractivity contribution is -0.123. The van der Waals surface area contributed by atoms with Gasteiger partial charge in [-0.3, -0.25) is 19.9 Å². The highest BCUT2D eigenvalue weighted by Crippen LogP contribution is 2.32. The van der Waals surface area contributed by atoms with Crippen LogP contribution in [0.5, 0.6) is 0 Å². The van der Waals surface area contributed by atoms with E-state index in [2.05, 4.69) is 35.5 Å². The molecule has 6 rings (SSSR count). The van der Waals surface area contributed by atoms with Crippen molar-refractivity contribution in [1.82, 2.24) is 35.1 Å². The van der Waals surface area contributed by atoms with Gasteiger partial charge in [-0.05, 0) is 35.9 Å². The number of aromatic nitrogens is 7. The van der Waals surface area contributed by atoms with E-state index >= 15 is 0 Å². The minimum atomic E-state index is -0.508. The van der Waals surface area contributed by atoms with Crippen molar-refractivity contribution < 1.29 is 4.79 Å². The van der Waals surface area contributed by atoms with Gasteiger partial charge in [-0.15, -0.1) is 0 Å². The summed E-state index contributed by atoms with van der Waals surface area (Å²) < 4.78 is 0. The molecule has 0 atom stereocenters. The number of para-hydroxylation sites is 1. The summed E-state index contributed by atoms with van der Waals surface area (Å²) in [6, 6.07) is 13.9. The maximum Gasteiger partial charge on any atom is 0.229 e. The first-order chi connectivity index (χ1) is 17.9. The fourth-order valence-corrected chi connectivity index (χ4v) is 4.14. The molecule has 6 aromatic rings. The van der Waals surface area contributed by atoms with Crippen LogP contribution in [-0.4, -0.2) is 41.0 Å². The van der Waals surface area contributed by atoms with Crippen molar-refractivity contribution in [3.63, 3.8) is 0 Å². The molecule has 182 valence electrons. The second kappa shape index (κ2) is 8.63. The second-order valence-corrected chi connectivity index (χ2v) is 9.88. The third-order valence-electron chi connectivity index (χ3n) is 6.16. The number of nitrogens with zero attached hydrogens (tertiary/aromatic N) is 5. The Hall–Kier alpha value is -4.92. The summed E-state index contributed by atoms with van der Waals surface area (Å²) in [6.45, 7) is 5.61. The van der Waals surface area contributed by atoms with E-state index in [-0.39, 0.29) is 5.91 Å². The largest absolute Gasteiger partial charge is 0.337 e. The van der Waals surface area contributed by atoms with Crippen LogP contribution in [0, 0.1) is 5.41 Å². The van der Waals surface area contributed by atoms with Gasteiger partial charge >= 0.3 is 0 Å². The van der Waals surface area contributed by atoms with Crippen LogP contribution >= 0.6 is 0 Å². The van der Waals surface area contributed by atoms with E-state index in [1.54, 1.807) is 31.0 Å². The molecular weight excluding hydrogens is 464 g/mol. The lowest BCUT2D eigenvalue weighted by Gasteiger charge is -2.17. The maximum atomic E-state index is 12.4. The molecule has 3 N–H and O–H groups in total. The minimum Gasteiger partial charge on any atom is -0.337 e. The highest BCUT2D eigenvalue weighted by atomic mass is 16.2. The van der Waals surface area contributed by atoms with Crippen molar-refractivity contribution in [2.45, 2.75) is 20.8 Å². The number of fused-ring (bicyclic) bond motifs is 2. The molecule has 9 nitrogen and oxygen atoms in total. The molecule has 37 heavy (non-hydrogen) atoms. The number of carbonyl (C=O) groups is 1. The highest BCUT2D eigenvalue weighted by Gasteiger charge is 2.21. The van der Waals surface area contributed by atoms with Crippen LogP contribution in [-0.2, 0) is 4.79 Å². The Balaban J connectivity index is 1.40. The number of aromatic amines is 2. The summed E-state index contributed by atoms with van der Waals surface area (Å²) in [7, 11) is 0. The van der Waals surface area contributed by atoms with Gasteiger partial charge in [-0.2, -0.15) is 5.10 Å². The van der Waals surface area contributed by atoms with E-state index in [0.29, 0.717) is 22.9 Å². The average Bonchev–Trinajstić information content (AvgIpc) is 3.52. The molecule has 0 aliphatic carbocycles. The molecule has 0 saturated carbocycles. The first-order valence-electron chi connectivity index (χ1n) is 11.9. The molecule has 1 amide bonds. The first-order valence-corrected chi connectivity index (χ1v) is 11.9. The fourth-order valence-electron chi connectivity index (χ4n) is 4.14. The van der Waals surface area contributed by atoms with Crippen molar-refractivity contribution in [1.29, 1.82) is 0 Å². The smallest absolute Gasteiger partial charge is 0.229 e. The van der Waals surface area contributed by atoms with Crippen molar-refractivity contribution >= 4 is 33.7 Å². The molecule has 0 radical (unpaired) electrons. The van der Waals surface area contributed by atoms with Crippen LogP contribution in [0.1, 0.15) is 20.8 Å². The molecule has 0 aliphatic rings. The topological polar surface area (TPSA) is 125 Å². The lowest BCUT2D eigenvalue weighted by atomic mass is 9.95. The normalized spacial score (nSPS) is 11.8. The third-order valence-corrected chi connectivity index (χ3v) is 6.16. The number of imidazole rings is 1. The number of hydrogen-bond acceptors (Lipinski definition) is 6. The van der Waals surface area contributed by atoms with Crippen molar-refractivity contribution in [3.05, 3.63) is 73.4 Å². The summed E-state index contributed by atoms with van der Waals surface area (Å²) in [4.78, 5) is 33.8. The molecule has 1 aromatic carbocycles. The molecule has 0 aliphatic heterocycles. The number of anilines is 1. The zero-order valence-electron chi connectivity index (χ0n) is 20.6. The average molecular weight is 489 g/mol. The third kappa shape index (κ3) is 4.20. The van der Waals surface area contributed by atoms with E-state index in [1.165, 1.54) is 0 Å². The number of carbonyl (C=O) groups excluding carboxylic acids is 1. The Morgan fingerprint density at radius 3 is 2.54 bits per heavy atom. The van der Waals surface area contributed by atoms with Gasteiger partial charge in [0.25, 0.3) is 0 Å². The molecular formula is C28H24N8O. The summed E-state index contributed by atoms with van der Waals surface area (Å²) in [5, 5.41) is 11.3. The number of amides is 1. The Morgan fingerprint density at radius 1 is 0.919 bits per heavy atom. The standard InChI is InChI=1S/C28H24N8O/c1-28(2,3)27(37)32-19-11-17(13-30-15-19)18-12-21-24(35-36-25(21)31-14-18)26-33-22-6-4-5-20(23(22)34-26)16-7-9-29-10-8-16/h4-15H,1-3H3,(H,32,37)(H,33,34)(H,31,35,36). The Bertz CT molecular complexity index is 1760. The first kappa shape index (κ1) is 22.5. The van der Waals surface area contributed by atoms with Crippen LogP contribution in [0.4, 0.5) is 5.69 Å². The van der Waals surface area contributed by atoms with Gasteiger partial charge in [-0.25, -0.2) is 9.97 Å². The number of nitrogens with one attached hydrogen (secondary N) is 3. The quantitative estimate of drug-likeness (QED) is 0.296. The predicted octanol–water partition coefficient (Wildman–Crippen LogP) is 5.61. The van der Waals surface area contributed by atoms with Gasteiger partial charge in [0.15, 0.2) is 11.5 Å². The van der Waals surface area contributed by atoms with Crippen LogP contribution in [0.25, 0.3) is 55.8 Å². The number of rotatable bonds is 4. The molecule has 0 bridgehead atoms.